The molecule has 0 aromatic rings. The Balaban J connectivity index is 2.68. The highest BCUT2D eigenvalue weighted by atomic mass is 16.5. The standard InChI is InChI=1S/C15H28N2O4/c1-5-12-9-21-11(4)8-17(12)14(20)16-10-15(6-2,7-3)13(18)19/h11-12H,5-10H2,1-4H3,(H,16,20)(H,18,19). The molecule has 2 amide bonds. The van der Waals surface area contributed by atoms with Crippen molar-refractivity contribution in [3.8, 4) is 0 Å². The van der Waals surface area contributed by atoms with E-state index in [0.29, 0.717) is 26.0 Å². The molecule has 122 valence electrons. The summed E-state index contributed by atoms with van der Waals surface area (Å²) in [7, 11) is 0. The molecule has 2 unspecified atom stereocenters. The van der Waals surface area contributed by atoms with Crippen LogP contribution in [0.15, 0.2) is 0 Å². The number of aliphatic carboxylic acids is 1. The van der Waals surface area contributed by atoms with Crippen molar-refractivity contribution in [3.05, 3.63) is 0 Å². The molecule has 6 heteroatoms. The maximum atomic E-state index is 12.4. The van der Waals surface area contributed by atoms with E-state index in [1.807, 2.05) is 27.7 Å². The number of carboxylic acid groups (broad SMARTS) is 1. The molecule has 1 saturated heterocycles. The zero-order valence-corrected chi connectivity index (χ0v) is 13.5. The quantitative estimate of drug-likeness (QED) is 0.787. The lowest BCUT2D eigenvalue weighted by Crippen LogP contribution is -2.56. The van der Waals surface area contributed by atoms with Gasteiger partial charge in [-0.1, -0.05) is 20.8 Å². The summed E-state index contributed by atoms with van der Waals surface area (Å²) in [4.78, 5) is 25.6. The second-order valence-electron chi connectivity index (χ2n) is 5.81. The van der Waals surface area contributed by atoms with E-state index in [1.165, 1.54) is 0 Å². The maximum absolute atomic E-state index is 12.4. The Kier molecular flexibility index (Phi) is 6.45. The van der Waals surface area contributed by atoms with Gasteiger partial charge in [0.2, 0.25) is 0 Å². The van der Waals surface area contributed by atoms with Crippen LogP contribution in [0.1, 0.15) is 47.0 Å². The van der Waals surface area contributed by atoms with Crippen molar-refractivity contribution in [2.24, 2.45) is 5.41 Å². The minimum atomic E-state index is -0.880. The minimum absolute atomic E-state index is 0.0140. The number of ether oxygens (including phenoxy) is 1. The summed E-state index contributed by atoms with van der Waals surface area (Å²) in [6.07, 6.45) is 1.83. The number of amides is 2. The number of nitrogens with one attached hydrogen (secondary N) is 1. The third-order valence-corrected chi connectivity index (χ3v) is 4.59. The summed E-state index contributed by atoms with van der Waals surface area (Å²) >= 11 is 0. The number of rotatable bonds is 6. The first-order chi connectivity index (χ1) is 9.90. The van der Waals surface area contributed by atoms with Gasteiger partial charge in [-0.25, -0.2) is 4.79 Å². The molecule has 1 aliphatic heterocycles. The molecular formula is C15H28N2O4. The van der Waals surface area contributed by atoms with Crippen molar-refractivity contribution in [1.82, 2.24) is 10.2 Å². The molecule has 0 radical (unpaired) electrons. The third kappa shape index (κ3) is 4.09. The predicted octanol–water partition coefficient (Wildman–Crippen LogP) is 2.09. The van der Waals surface area contributed by atoms with Crippen LogP contribution in [-0.4, -0.2) is 53.8 Å². The Morgan fingerprint density at radius 3 is 2.43 bits per heavy atom. The van der Waals surface area contributed by atoms with Gasteiger partial charge in [-0.05, 0) is 26.2 Å². The van der Waals surface area contributed by atoms with Crippen LogP contribution in [-0.2, 0) is 9.53 Å². The lowest BCUT2D eigenvalue weighted by Gasteiger charge is -2.39. The zero-order chi connectivity index (χ0) is 16.0. The van der Waals surface area contributed by atoms with E-state index in [2.05, 4.69) is 5.32 Å². The number of carbonyl (C=O) groups is 2. The molecule has 0 aromatic carbocycles. The monoisotopic (exact) mass is 300 g/mol. The maximum Gasteiger partial charge on any atom is 0.317 e. The van der Waals surface area contributed by atoms with E-state index in [-0.39, 0.29) is 24.7 Å². The smallest absolute Gasteiger partial charge is 0.317 e. The molecule has 6 nitrogen and oxygen atoms in total. The normalized spacial score (nSPS) is 23.0. The van der Waals surface area contributed by atoms with Crippen LogP contribution in [0.3, 0.4) is 0 Å². The molecule has 2 N–H and O–H groups in total. The molecular weight excluding hydrogens is 272 g/mol. The highest BCUT2D eigenvalue weighted by Crippen LogP contribution is 2.26. The van der Waals surface area contributed by atoms with Crippen molar-refractivity contribution in [2.75, 3.05) is 19.7 Å². The summed E-state index contributed by atoms with van der Waals surface area (Å²) < 4.78 is 5.57. The molecule has 0 saturated carbocycles. The highest BCUT2D eigenvalue weighted by molar-refractivity contribution is 5.78. The number of carbonyl (C=O) groups excluding carboxylic acids is 1. The molecule has 21 heavy (non-hydrogen) atoms. The van der Waals surface area contributed by atoms with Crippen molar-refractivity contribution in [2.45, 2.75) is 59.1 Å². The predicted molar refractivity (Wildman–Crippen MR) is 80.2 cm³/mol. The molecule has 2 atom stereocenters. The van der Waals surface area contributed by atoms with Gasteiger partial charge < -0.3 is 20.1 Å². The Hall–Kier alpha value is -1.30. The summed E-state index contributed by atoms with van der Waals surface area (Å²) in [6.45, 7) is 8.89. The van der Waals surface area contributed by atoms with Crippen LogP contribution in [0.4, 0.5) is 4.79 Å². The van der Waals surface area contributed by atoms with Crippen LogP contribution < -0.4 is 5.32 Å². The van der Waals surface area contributed by atoms with Crippen LogP contribution in [0.25, 0.3) is 0 Å². The summed E-state index contributed by atoms with van der Waals surface area (Å²) in [6, 6.07) is -0.131. The van der Waals surface area contributed by atoms with Gasteiger partial charge >= 0.3 is 12.0 Å². The van der Waals surface area contributed by atoms with E-state index < -0.39 is 11.4 Å². The summed E-state index contributed by atoms with van der Waals surface area (Å²) in [5.41, 5.74) is -0.880. The van der Waals surface area contributed by atoms with E-state index >= 15 is 0 Å². The first-order valence-corrected chi connectivity index (χ1v) is 7.79. The number of morpholine rings is 1. The number of hydrogen-bond acceptors (Lipinski definition) is 3. The summed E-state index contributed by atoms with van der Waals surface area (Å²) in [5.74, 6) is -0.852. The fraction of sp³-hybridized carbons (Fsp3) is 0.867. The van der Waals surface area contributed by atoms with Gasteiger partial charge in [0.1, 0.15) is 0 Å². The molecule has 0 bridgehead atoms. The Labute approximate surface area is 126 Å². The second kappa shape index (κ2) is 7.64. The first kappa shape index (κ1) is 17.8. The Morgan fingerprint density at radius 2 is 1.95 bits per heavy atom. The van der Waals surface area contributed by atoms with Gasteiger partial charge in [0.15, 0.2) is 0 Å². The second-order valence-corrected chi connectivity index (χ2v) is 5.81. The van der Waals surface area contributed by atoms with Crippen LogP contribution in [0, 0.1) is 5.41 Å². The average Bonchev–Trinajstić information content (AvgIpc) is 2.48. The third-order valence-electron chi connectivity index (χ3n) is 4.59. The van der Waals surface area contributed by atoms with E-state index in [0.717, 1.165) is 6.42 Å². The largest absolute Gasteiger partial charge is 0.481 e. The fourth-order valence-corrected chi connectivity index (χ4v) is 2.66. The van der Waals surface area contributed by atoms with Gasteiger partial charge in [0, 0.05) is 13.1 Å². The van der Waals surface area contributed by atoms with Crippen LogP contribution in [0.5, 0.6) is 0 Å². The van der Waals surface area contributed by atoms with Gasteiger partial charge in [0.05, 0.1) is 24.2 Å². The van der Waals surface area contributed by atoms with Crippen molar-refractivity contribution >= 4 is 12.0 Å². The molecule has 0 spiro atoms. The lowest BCUT2D eigenvalue weighted by molar-refractivity contribution is -0.149. The number of hydrogen-bond donors (Lipinski definition) is 2. The van der Waals surface area contributed by atoms with Gasteiger partial charge in [-0.2, -0.15) is 0 Å². The fourth-order valence-electron chi connectivity index (χ4n) is 2.66. The molecule has 1 rings (SSSR count). The van der Waals surface area contributed by atoms with E-state index in [4.69, 9.17) is 4.74 Å². The van der Waals surface area contributed by atoms with Crippen molar-refractivity contribution in [1.29, 1.82) is 0 Å². The average molecular weight is 300 g/mol. The van der Waals surface area contributed by atoms with E-state index in [9.17, 15) is 14.7 Å². The van der Waals surface area contributed by atoms with E-state index in [1.54, 1.807) is 4.90 Å². The SMILES string of the molecule is CCC1COC(C)CN1C(=O)NCC(CC)(CC)C(=O)O. The molecule has 1 fully saturated rings. The van der Waals surface area contributed by atoms with Gasteiger partial charge in [0.25, 0.3) is 0 Å². The molecule has 0 aliphatic carbocycles. The van der Waals surface area contributed by atoms with Crippen LogP contribution >= 0.6 is 0 Å². The van der Waals surface area contributed by atoms with Gasteiger partial charge in [-0.3, -0.25) is 4.79 Å². The Bertz CT molecular complexity index is 369. The van der Waals surface area contributed by atoms with Crippen molar-refractivity contribution < 1.29 is 19.4 Å². The number of nitrogens with zero attached hydrogens (tertiary/aromatic N) is 1. The number of urea groups is 1. The molecule has 1 aliphatic rings. The topological polar surface area (TPSA) is 78.9 Å². The Morgan fingerprint density at radius 1 is 1.33 bits per heavy atom. The minimum Gasteiger partial charge on any atom is -0.481 e. The zero-order valence-electron chi connectivity index (χ0n) is 13.5. The highest BCUT2D eigenvalue weighted by Gasteiger charge is 2.36. The van der Waals surface area contributed by atoms with Gasteiger partial charge in [-0.15, -0.1) is 0 Å². The number of carboxylic acids is 1. The van der Waals surface area contributed by atoms with Crippen molar-refractivity contribution in [3.63, 3.8) is 0 Å². The molecule has 1 heterocycles. The lowest BCUT2D eigenvalue weighted by atomic mass is 9.82. The first-order valence-electron chi connectivity index (χ1n) is 7.79. The molecule has 0 aromatic heterocycles. The summed E-state index contributed by atoms with van der Waals surface area (Å²) in [5, 5.41) is 12.2. The van der Waals surface area contributed by atoms with Crippen LogP contribution in [0.2, 0.25) is 0 Å².